The molecule has 0 bridgehead atoms. The van der Waals surface area contributed by atoms with Crippen molar-refractivity contribution in [1.29, 1.82) is 0 Å². The molecular weight excluding hydrogens is 360 g/mol. The summed E-state index contributed by atoms with van der Waals surface area (Å²) >= 11 is 0. The maximum absolute atomic E-state index is 12.6. The summed E-state index contributed by atoms with van der Waals surface area (Å²) in [6, 6.07) is 7.66. The maximum Gasteiger partial charge on any atom is 0.252 e. The van der Waals surface area contributed by atoms with Gasteiger partial charge in [0.15, 0.2) is 5.82 Å². The zero-order valence-electron chi connectivity index (χ0n) is 14.8. The van der Waals surface area contributed by atoms with E-state index in [-0.39, 0.29) is 37.6 Å². The van der Waals surface area contributed by atoms with Crippen molar-refractivity contribution >= 4 is 18.3 Å². The second kappa shape index (κ2) is 9.51. The zero-order chi connectivity index (χ0) is 17.6. The van der Waals surface area contributed by atoms with Crippen LogP contribution in [-0.2, 0) is 16.1 Å². The van der Waals surface area contributed by atoms with E-state index in [4.69, 9.17) is 14.0 Å². The first-order valence-corrected chi connectivity index (χ1v) is 8.19. The number of rotatable bonds is 6. The molecule has 0 spiro atoms. The van der Waals surface area contributed by atoms with Crippen molar-refractivity contribution in [2.75, 3.05) is 33.4 Å². The fraction of sp³-hybridized carbons (Fsp3) is 0.471. The van der Waals surface area contributed by atoms with Crippen LogP contribution in [0.4, 0.5) is 0 Å². The SMILES string of the molecule is COc1ccccc1C1CNCCN1C(=O)COCc1nc(C)no1.Cl. The average Bonchev–Trinajstić information content (AvgIpc) is 3.06. The molecule has 1 aliphatic heterocycles. The van der Waals surface area contributed by atoms with Gasteiger partial charge in [-0.3, -0.25) is 4.79 Å². The van der Waals surface area contributed by atoms with E-state index in [0.717, 1.165) is 17.9 Å². The number of piperazine rings is 1. The molecule has 1 aliphatic rings. The number of carbonyl (C=O) groups excluding carboxylic acids is 1. The maximum atomic E-state index is 12.6. The van der Waals surface area contributed by atoms with Gasteiger partial charge in [-0.05, 0) is 13.0 Å². The summed E-state index contributed by atoms with van der Waals surface area (Å²) in [5, 5.41) is 7.02. The number of aromatic nitrogens is 2. The van der Waals surface area contributed by atoms with Gasteiger partial charge in [0, 0.05) is 25.2 Å². The molecule has 0 radical (unpaired) electrons. The second-order valence-corrected chi connectivity index (χ2v) is 5.78. The summed E-state index contributed by atoms with van der Waals surface area (Å²) in [4.78, 5) is 18.5. The number of hydrogen-bond acceptors (Lipinski definition) is 7. The standard InChI is InChI=1S/C17H22N4O4.ClH/c1-12-19-16(25-20-12)10-24-11-17(22)21-8-7-18-9-14(21)13-5-3-4-6-15(13)23-2;/h3-6,14,18H,7-11H2,1-2H3;1H. The molecule has 2 aromatic rings. The Morgan fingerprint density at radius 1 is 1.42 bits per heavy atom. The van der Waals surface area contributed by atoms with E-state index in [2.05, 4.69) is 15.5 Å². The van der Waals surface area contributed by atoms with E-state index in [0.29, 0.717) is 24.8 Å². The van der Waals surface area contributed by atoms with Crippen LogP contribution in [0.3, 0.4) is 0 Å². The quantitative estimate of drug-likeness (QED) is 0.809. The van der Waals surface area contributed by atoms with E-state index in [9.17, 15) is 4.79 Å². The monoisotopic (exact) mass is 382 g/mol. The van der Waals surface area contributed by atoms with Gasteiger partial charge in [-0.1, -0.05) is 23.4 Å². The van der Waals surface area contributed by atoms with Crippen molar-refractivity contribution in [2.24, 2.45) is 0 Å². The molecule has 1 fully saturated rings. The minimum absolute atomic E-state index is 0. The molecule has 9 heteroatoms. The first-order chi connectivity index (χ1) is 12.2. The first-order valence-electron chi connectivity index (χ1n) is 8.19. The first kappa shape index (κ1) is 20.2. The summed E-state index contributed by atoms with van der Waals surface area (Å²) < 4.78 is 15.9. The highest BCUT2D eigenvalue weighted by Gasteiger charge is 2.29. The predicted molar refractivity (Wildman–Crippen MR) is 96.3 cm³/mol. The highest BCUT2D eigenvalue weighted by Crippen LogP contribution is 2.30. The molecule has 1 N–H and O–H groups in total. The van der Waals surface area contributed by atoms with Crippen LogP contribution in [0.2, 0.25) is 0 Å². The predicted octanol–water partition coefficient (Wildman–Crippen LogP) is 1.50. The van der Waals surface area contributed by atoms with Gasteiger partial charge in [0.2, 0.25) is 5.91 Å². The fourth-order valence-corrected chi connectivity index (χ4v) is 2.93. The van der Waals surface area contributed by atoms with Crippen LogP contribution in [0, 0.1) is 6.92 Å². The number of carbonyl (C=O) groups is 1. The molecule has 3 rings (SSSR count). The summed E-state index contributed by atoms with van der Waals surface area (Å²) in [5.41, 5.74) is 0.984. The lowest BCUT2D eigenvalue weighted by molar-refractivity contribution is -0.140. The number of halogens is 1. The van der Waals surface area contributed by atoms with Gasteiger partial charge in [0.1, 0.15) is 19.0 Å². The molecule has 1 aromatic heterocycles. The number of hydrogen-bond donors (Lipinski definition) is 1. The van der Waals surface area contributed by atoms with Gasteiger partial charge < -0.3 is 24.2 Å². The molecule has 0 aliphatic carbocycles. The van der Waals surface area contributed by atoms with Crippen molar-refractivity contribution < 1.29 is 18.8 Å². The summed E-state index contributed by atoms with van der Waals surface area (Å²) in [6.07, 6.45) is 0. The molecule has 1 amide bonds. The van der Waals surface area contributed by atoms with E-state index in [1.165, 1.54) is 0 Å². The van der Waals surface area contributed by atoms with Crippen LogP contribution < -0.4 is 10.1 Å². The van der Waals surface area contributed by atoms with Gasteiger partial charge in [-0.15, -0.1) is 12.4 Å². The number of nitrogens with zero attached hydrogens (tertiary/aromatic N) is 3. The van der Waals surface area contributed by atoms with Gasteiger partial charge in [0.05, 0.1) is 13.2 Å². The van der Waals surface area contributed by atoms with Crippen molar-refractivity contribution in [3.63, 3.8) is 0 Å². The number of benzene rings is 1. The Morgan fingerprint density at radius 2 is 2.23 bits per heavy atom. The summed E-state index contributed by atoms with van der Waals surface area (Å²) in [7, 11) is 1.64. The number of aryl methyl sites for hydroxylation is 1. The van der Waals surface area contributed by atoms with Gasteiger partial charge in [-0.25, -0.2) is 0 Å². The Labute approximate surface area is 158 Å². The van der Waals surface area contributed by atoms with Crippen LogP contribution in [0.1, 0.15) is 23.3 Å². The van der Waals surface area contributed by atoms with E-state index in [1.54, 1.807) is 14.0 Å². The fourth-order valence-electron chi connectivity index (χ4n) is 2.93. The van der Waals surface area contributed by atoms with Crippen LogP contribution in [-0.4, -0.2) is 54.3 Å². The molecule has 8 nitrogen and oxygen atoms in total. The highest BCUT2D eigenvalue weighted by atomic mass is 35.5. The third kappa shape index (κ3) is 4.72. The topological polar surface area (TPSA) is 89.7 Å². The van der Waals surface area contributed by atoms with Crippen molar-refractivity contribution in [3.05, 3.63) is 41.5 Å². The zero-order valence-corrected chi connectivity index (χ0v) is 15.6. The van der Waals surface area contributed by atoms with Gasteiger partial charge in [-0.2, -0.15) is 4.98 Å². The number of para-hydroxylation sites is 1. The van der Waals surface area contributed by atoms with E-state index in [1.807, 2.05) is 29.2 Å². The molecular formula is C17H23ClN4O4. The summed E-state index contributed by atoms with van der Waals surface area (Å²) in [6.45, 7) is 3.86. The third-order valence-corrected chi connectivity index (χ3v) is 4.08. The Morgan fingerprint density at radius 3 is 2.96 bits per heavy atom. The number of amides is 1. The molecule has 142 valence electrons. The average molecular weight is 383 g/mol. The third-order valence-electron chi connectivity index (χ3n) is 4.08. The number of methoxy groups -OCH3 is 1. The van der Waals surface area contributed by atoms with Gasteiger partial charge >= 0.3 is 0 Å². The van der Waals surface area contributed by atoms with Crippen LogP contribution >= 0.6 is 12.4 Å². The molecule has 1 atom stereocenters. The minimum Gasteiger partial charge on any atom is -0.496 e. The van der Waals surface area contributed by atoms with Crippen molar-refractivity contribution in [3.8, 4) is 5.75 Å². The molecule has 1 saturated heterocycles. The summed E-state index contributed by atoms with van der Waals surface area (Å²) in [5.74, 6) is 1.61. The Balaban J connectivity index is 0.00000243. The Hall–Kier alpha value is -2.16. The lowest BCUT2D eigenvalue weighted by Gasteiger charge is -2.37. The van der Waals surface area contributed by atoms with Crippen molar-refractivity contribution in [1.82, 2.24) is 20.4 Å². The van der Waals surface area contributed by atoms with E-state index < -0.39 is 0 Å². The second-order valence-electron chi connectivity index (χ2n) is 5.78. The van der Waals surface area contributed by atoms with Crippen molar-refractivity contribution in [2.45, 2.75) is 19.6 Å². The lowest BCUT2D eigenvalue weighted by Crippen LogP contribution is -2.49. The van der Waals surface area contributed by atoms with Crippen LogP contribution in [0.25, 0.3) is 0 Å². The highest BCUT2D eigenvalue weighted by molar-refractivity contribution is 5.85. The van der Waals surface area contributed by atoms with Gasteiger partial charge in [0.25, 0.3) is 5.89 Å². The number of ether oxygens (including phenoxy) is 2. The largest absolute Gasteiger partial charge is 0.496 e. The molecule has 0 saturated carbocycles. The normalized spacial score (nSPS) is 16.8. The Kier molecular flexibility index (Phi) is 7.38. The smallest absolute Gasteiger partial charge is 0.252 e. The molecule has 1 aromatic carbocycles. The van der Waals surface area contributed by atoms with Crippen LogP contribution in [0.5, 0.6) is 5.75 Å². The van der Waals surface area contributed by atoms with Crippen LogP contribution in [0.15, 0.2) is 28.8 Å². The molecule has 1 unspecified atom stereocenters. The Bertz CT molecular complexity index is 724. The lowest BCUT2D eigenvalue weighted by atomic mass is 10.0. The molecule has 26 heavy (non-hydrogen) atoms. The number of nitrogens with one attached hydrogen (secondary N) is 1. The molecule has 2 heterocycles. The van der Waals surface area contributed by atoms with E-state index >= 15 is 0 Å². The minimum atomic E-state index is -0.0911.